The Labute approximate surface area is 191 Å². The van der Waals surface area contributed by atoms with Crippen LogP contribution in [0.5, 0.6) is 0 Å². The van der Waals surface area contributed by atoms with E-state index in [2.05, 4.69) is 15.2 Å². The van der Waals surface area contributed by atoms with Crippen LogP contribution in [0.4, 0.5) is 0 Å². The molecule has 0 bridgehead atoms. The van der Waals surface area contributed by atoms with Gasteiger partial charge in [-0.2, -0.15) is 10.1 Å². The third kappa shape index (κ3) is 4.05. The molecule has 1 atom stereocenters. The van der Waals surface area contributed by atoms with Crippen molar-refractivity contribution in [2.75, 3.05) is 6.54 Å². The number of fused-ring (bicyclic) bond motifs is 1. The zero-order valence-electron chi connectivity index (χ0n) is 18.8. The van der Waals surface area contributed by atoms with Crippen molar-refractivity contribution in [1.82, 2.24) is 24.8 Å². The number of β-amino-alcohol motifs (C(OH)–C–C–N with tert-alkyl or cyclic N) is 1. The molecule has 5 rings (SSSR count). The number of aliphatic hydroxyl groups is 1. The minimum Gasteiger partial charge on any atom is -0.378 e. The molecule has 33 heavy (non-hydrogen) atoms. The van der Waals surface area contributed by atoms with Gasteiger partial charge in [-0.05, 0) is 50.1 Å². The molecule has 1 unspecified atom stereocenters. The smallest absolute Gasteiger partial charge is 0.260 e. The van der Waals surface area contributed by atoms with Gasteiger partial charge in [0.2, 0.25) is 5.82 Å². The summed E-state index contributed by atoms with van der Waals surface area (Å²) >= 11 is 0. The van der Waals surface area contributed by atoms with Crippen LogP contribution in [0.2, 0.25) is 0 Å². The van der Waals surface area contributed by atoms with Gasteiger partial charge in [0, 0.05) is 23.4 Å². The van der Waals surface area contributed by atoms with Crippen molar-refractivity contribution in [3.63, 3.8) is 0 Å². The Morgan fingerprint density at radius 3 is 2.70 bits per heavy atom. The van der Waals surface area contributed by atoms with Gasteiger partial charge < -0.3 is 14.5 Å². The van der Waals surface area contributed by atoms with E-state index in [4.69, 9.17) is 4.52 Å². The van der Waals surface area contributed by atoms with Gasteiger partial charge in [0.1, 0.15) is 0 Å². The molecule has 3 heterocycles. The standard InChI is InChI=1S/C25H25N5O3/c1-16-11-17(2)30(27-16)13-18-7-6-9-19(12-18)22-26-24(33-28-22)25(3,32)15-29-14-20-8-4-5-10-21(20)23(29)31/h4-12,32H,13-15H2,1-3H3. The number of nitrogens with zero attached hydrogens (tertiary/aromatic N) is 5. The Morgan fingerprint density at radius 2 is 1.94 bits per heavy atom. The summed E-state index contributed by atoms with van der Waals surface area (Å²) in [5.41, 5.74) is 4.04. The fourth-order valence-electron chi connectivity index (χ4n) is 4.26. The predicted molar refractivity (Wildman–Crippen MR) is 121 cm³/mol. The molecule has 8 nitrogen and oxygen atoms in total. The number of amides is 1. The van der Waals surface area contributed by atoms with Crippen LogP contribution in [0.1, 0.15) is 45.7 Å². The van der Waals surface area contributed by atoms with Gasteiger partial charge in [-0.3, -0.25) is 9.48 Å². The maximum atomic E-state index is 12.7. The van der Waals surface area contributed by atoms with Crippen LogP contribution in [0, 0.1) is 13.8 Å². The van der Waals surface area contributed by atoms with E-state index < -0.39 is 5.60 Å². The lowest BCUT2D eigenvalue weighted by Crippen LogP contribution is -2.39. The minimum atomic E-state index is -1.48. The minimum absolute atomic E-state index is 0.0557. The van der Waals surface area contributed by atoms with Crippen LogP contribution in [-0.2, 0) is 18.7 Å². The van der Waals surface area contributed by atoms with Gasteiger partial charge in [-0.1, -0.05) is 41.6 Å². The van der Waals surface area contributed by atoms with Crippen molar-refractivity contribution in [3.8, 4) is 11.4 Å². The summed E-state index contributed by atoms with van der Waals surface area (Å²) in [5, 5.41) is 19.7. The largest absolute Gasteiger partial charge is 0.378 e. The summed E-state index contributed by atoms with van der Waals surface area (Å²) in [4.78, 5) is 18.7. The number of rotatable bonds is 6. The predicted octanol–water partition coefficient (Wildman–Crippen LogP) is 3.46. The fraction of sp³-hybridized carbons (Fsp3) is 0.280. The number of hydrogen-bond acceptors (Lipinski definition) is 6. The zero-order chi connectivity index (χ0) is 23.2. The lowest BCUT2D eigenvalue weighted by atomic mass is 10.1. The van der Waals surface area contributed by atoms with Gasteiger partial charge >= 0.3 is 0 Å². The maximum Gasteiger partial charge on any atom is 0.260 e. The molecule has 8 heteroatoms. The molecule has 1 N–H and O–H groups in total. The number of carbonyl (C=O) groups is 1. The van der Waals surface area contributed by atoms with E-state index in [1.807, 2.05) is 67.1 Å². The fourth-order valence-corrected chi connectivity index (χ4v) is 4.26. The Kier molecular flexibility index (Phi) is 5.09. The van der Waals surface area contributed by atoms with Crippen LogP contribution in [0.15, 0.2) is 59.1 Å². The Bertz CT molecular complexity index is 1340. The first-order chi connectivity index (χ1) is 15.8. The van der Waals surface area contributed by atoms with Crippen molar-refractivity contribution in [1.29, 1.82) is 0 Å². The molecule has 0 radical (unpaired) electrons. The number of carbonyl (C=O) groups excluding carboxylic acids is 1. The normalized spacial score (nSPS) is 15.0. The molecule has 4 aromatic rings. The second kappa shape index (κ2) is 7.97. The van der Waals surface area contributed by atoms with E-state index in [-0.39, 0.29) is 18.3 Å². The van der Waals surface area contributed by atoms with Gasteiger partial charge in [0.25, 0.3) is 11.8 Å². The molecule has 1 amide bonds. The zero-order valence-corrected chi connectivity index (χ0v) is 18.8. The number of benzene rings is 2. The highest BCUT2D eigenvalue weighted by molar-refractivity contribution is 5.98. The highest BCUT2D eigenvalue weighted by atomic mass is 16.5. The topological polar surface area (TPSA) is 97.3 Å². The lowest BCUT2D eigenvalue weighted by Gasteiger charge is -2.25. The van der Waals surface area contributed by atoms with Crippen LogP contribution in [0.3, 0.4) is 0 Å². The van der Waals surface area contributed by atoms with Gasteiger partial charge in [-0.25, -0.2) is 0 Å². The van der Waals surface area contributed by atoms with Crippen molar-refractivity contribution < 1.29 is 14.4 Å². The van der Waals surface area contributed by atoms with Gasteiger partial charge in [0.15, 0.2) is 5.60 Å². The Hall–Kier alpha value is -3.78. The molecule has 2 aromatic carbocycles. The molecular formula is C25H25N5O3. The summed E-state index contributed by atoms with van der Waals surface area (Å²) in [5.74, 6) is 0.351. The molecule has 2 aromatic heterocycles. The van der Waals surface area contributed by atoms with E-state index in [0.29, 0.717) is 24.5 Å². The van der Waals surface area contributed by atoms with Crippen LogP contribution in [0.25, 0.3) is 11.4 Å². The van der Waals surface area contributed by atoms with Crippen molar-refractivity contribution in [2.45, 2.75) is 39.5 Å². The Balaban J connectivity index is 1.34. The molecule has 1 aliphatic rings. The number of aryl methyl sites for hydroxylation is 2. The van der Waals surface area contributed by atoms with Gasteiger partial charge in [-0.15, -0.1) is 0 Å². The first kappa shape index (κ1) is 21.1. The summed E-state index contributed by atoms with van der Waals surface area (Å²) in [6, 6.07) is 17.4. The number of hydrogen-bond donors (Lipinski definition) is 1. The highest BCUT2D eigenvalue weighted by Gasteiger charge is 2.37. The first-order valence-corrected chi connectivity index (χ1v) is 10.8. The van der Waals surface area contributed by atoms with Gasteiger partial charge in [0.05, 0.1) is 18.8 Å². The lowest BCUT2D eigenvalue weighted by molar-refractivity contribution is -0.00754. The summed E-state index contributed by atoms with van der Waals surface area (Å²) in [6.45, 7) is 6.72. The second-order valence-corrected chi connectivity index (χ2v) is 8.80. The monoisotopic (exact) mass is 443 g/mol. The summed E-state index contributed by atoms with van der Waals surface area (Å²) in [6.07, 6.45) is 0. The quantitative estimate of drug-likeness (QED) is 0.490. The first-order valence-electron chi connectivity index (χ1n) is 10.8. The molecule has 0 saturated carbocycles. The van der Waals surface area contributed by atoms with E-state index in [0.717, 1.165) is 28.1 Å². The third-order valence-electron chi connectivity index (χ3n) is 5.90. The van der Waals surface area contributed by atoms with Crippen molar-refractivity contribution >= 4 is 5.91 Å². The van der Waals surface area contributed by atoms with Crippen LogP contribution >= 0.6 is 0 Å². The van der Waals surface area contributed by atoms with E-state index >= 15 is 0 Å². The van der Waals surface area contributed by atoms with Crippen molar-refractivity contribution in [3.05, 3.63) is 88.6 Å². The van der Waals surface area contributed by atoms with E-state index in [1.165, 1.54) is 0 Å². The number of aromatic nitrogens is 4. The second-order valence-electron chi connectivity index (χ2n) is 8.80. The van der Waals surface area contributed by atoms with E-state index in [1.54, 1.807) is 17.9 Å². The summed E-state index contributed by atoms with van der Waals surface area (Å²) in [7, 11) is 0. The average Bonchev–Trinajstić information content (AvgIpc) is 3.48. The highest BCUT2D eigenvalue weighted by Crippen LogP contribution is 2.29. The third-order valence-corrected chi connectivity index (χ3v) is 5.90. The molecule has 1 aliphatic heterocycles. The molecule has 0 saturated heterocycles. The SMILES string of the molecule is Cc1cc(C)n(Cc2cccc(-c3noc(C(C)(O)CN4Cc5ccccc5C4=O)n3)c2)n1. The molecule has 168 valence electrons. The average molecular weight is 444 g/mol. The van der Waals surface area contributed by atoms with Crippen LogP contribution in [-0.4, -0.2) is 42.4 Å². The molecule has 0 fully saturated rings. The summed E-state index contributed by atoms with van der Waals surface area (Å²) < 4.78 is 7.37. The molecule has 0 spiro atoms. The van der Waals surface area contributed by atoms with Crippen LogP contribution < -0.4 is 0 Å². The molecular weight excluding hydrogens is 418 g/mol. The van der Waals surface area contributed by atoms with Crippen molar-refractivity contribution in [2.24, 2.45) is 0 Å². The maximum absolute atomic E-state index is 12.7. The molecule has 0 aliphatic carbocycles. The van der Waals surface area contributed by atoms with E-state index in [9.17, 15) is 9.90 Å². The Morgan fingerprint density at radius 1 is 1.12 bits per heavy atom.